The summed E-state index contributed by atoms with van der Waals surface area (Å²) in [4.78, 5) is 38.5. The van der Waals surface area contributed by atoms with Crippen molar-refractivity contribution < 1.29 is 22.8 Å². The lowest BCUT2D eigenvalue weighted by Gasteiger charge is -2.25. The van der Waals surface area contributed by atoms with Gasteiger partial charge in [-0.2, -0.15) is 4.31 Å². The molecule has 2 saturated heterocycles. The molecule has 2 heterocycles. The highest BCUT2D eigenvalue weighted by atomic mass is 79.9. The highest BCUT2D eigenvalue weighted by Crippen LogP contribution is 2.49. The number of nitrogens with zero attached hydrogens (tertiary/aromatic N) is 2. The van der Waals surface area contributed by atoms with Gasteiger partial charge in [-0.25, -0.2) is 8.42 Å². The number of carbonyl (C=O) groups is 3. The van der Waals surface area contributed by atoms with Crippen LogP contribution in [0.1, 0.15) is 13.8 Å². The Bertz CT molecular complexity index is 904. The molecular weight excluding hydrogens is 438 g/mol. The van der Waals surface area contributed by atoms with E-state index < -0.39 is 38.6 Å². The number of halogens is 1. The third kappa shape index (κ3) is 2.99. The molecule has 3 amide bonds. The number of likely N-dealkylation sites (tertiary alicyclic amines) is 1. The van der Waals surface area contributed by atoms with E-state index in [2.05, 4.69) is 21.2 Å². The van der Waals surface area contributed by atoms with Gasteiger partial charge in [0, 0.05) is 24.6 Å². The Morgan fingerprint density at radius 2 is 1.63 bits per heavy atom. The summed E-state index contributed by atoms with van der Waals surface area (Å²) in [7, 11) is -2.51. The summed E-state index contributed by atoms with van der Waals surface area (Å²) in [5.74, 6) is -1.25. The molecule has 2 fully saturated rings. The van der Waals surface area contributed by atoms with Crippen LogP contribution in [-0.2, 0) is 24.4 Å². The van der Waals surface area contributed by atoms with Crippen molar-refractivity contribution in [2.45, 2.75) is 18.7 Å². The van der Waals surface area contributed by atoms with Crippen molar-refractivity contribution in [1.29, 1.82) is 0 Å². The van der Waals surface area contributed by atoms with Crippen molar-refractivity contribution in [3.8, 4) is 0 Å². The van der Waals surface area contributed by atoms with E-state index in [1.165, 1.54) is 24.1 Å². The van der Waals surface area contributed by atoms with E-state index in [4.69, 9.17) is 0 Å². The summed E-state index contributed by atoms with van der Waals surface area (Å²) >= 11 is 3.25. The molecule has 2 aliphatic heterocycles. The van der Waals surface area contributed by atoms with Gasteiger partial charge in [0.05, 0.1) is 22.3 Å². The largest absolute Gasteiger partial charge is 0.339 e. The minimum Gasteiger partial charge on any atom is -0.339 e. The zero-order valence-electron chi connectivity index (χ0n) is 15.2. The van der Waals surface area contributed by atoms with Gasteiger partial charge in [0.1, 0.15) is 0 Å². The number of amides is 3. The number of nitrogens with one attached hydrogen (secondary N) is 1. The number of benzene rings is 1. The molecule has 0 bridgehead atoms. The van der Waals surface area contributed by atoms with E-state index in [1.807, 2.05) is 0 Å². The Morgan fingerprint density at radius 3 is 2.11 bits per heavy atom. The van der Waals surface area contributed by atoms with Crippen LogP contribution in [-0.4, -0.2) is 62.0 Å². The molecule has 0 radical (unpaired) electrons. The topological polar surface area (TPSA) is 104 Å². The van der Waals surface area contributed by atoms with Crippen LogP contribution < -0.4 is 5.32 Å². The van der Waals surface area contributed by atoms with Gasteiger partial charge in [-0.3, -0.25) is 19.7 Å². The molecule has 0 spiro atoms. The first-order valence-corrected chi connectivity index (χ1v) is 10.5. The first-order chi connectivity index (χ1) is 12.4. The van der Waals surface area contributed by atoms with Crippen LogP contribution >= 0.6 is 15.9 Å². The van der Waals surface area contributed by atoms with Gasteiger partial charge in [0.2, 0.25) is 27.7 Å². The Balaban J connectivity index is 1.76. The lowest BCUT2D eigenvalue weighted by molar-refractivity contribution is -0.133. The fraction of sp³-hybridized carbons (Fsp3) is 0.471. The summed E-state index contributed by atoms with van der Waals surface area (Å²) in [6.07, 6.45) is 0. The van der Waals surface area contributed by atoms with Gasteiger partial charge < -0.3 is 4.90 Å². The first-order valence-electron chi connectivity index (χ1n) is 8.27. The average Bonchev–Trinajstić information content (AvgIpc) is 2.96. The van der Waals surface area contributed by atoms with Crippen molar-refractivity contribution in [2.75, 3.05) is 26.7 Å². The summed E-state index contributed by atoms with van der Waals surface area (Å²) < 4.78 is 27.0. The smallest absolute Gasteiger partial charge is 0.243 e. The summed E-state index contributed by atoms with van der Waals surface area (Å²) in [6, 6.07) is 6.11. The molecule has 0 saturated carbocycles. The van der Waals surface area contributed by atoms with Crippen LogP contribution in [0, 0.1) is 10.8 Å². The number of likely N-dealkylation sites (N-methyl/N-ethyl adjacent to an activating group) is 1. The Morgan fingerprint density at radius 1 is 1.15 bits per heavy atom. The molecular formula is C17H20BrN3O5S. The molecule has 2 atom stereocenters. The predicted octanol–water partition coefficient (Wildman–Crippen LogP) is 0.581. The highest BCUT2D eigenvalue weighted by molar-refractivity contribution is 9.10. The lowest BCUT2D eigenvalue weighted by Crippen LogP contribution is -2.43. The maximum absolute atomic E-state index is 12.7. The quantitative estimate of drug-likeness (QED) is 0.665. The third-order valence-electron chi connectivity index (χ3n) is 5.69. The van der Waals surface area contributed by atoms with Crippen molar-refractivity contribution >= 4 is 43.7 Å². The van der Waals surface area contributed by atoms with Gasteiger partial charge in [0.25, 0.3) is 0 Å². The molecule has 1 aromatic rings. The van der Waals surface area contributed by atoms with E-state index in [9.17, 15) is 22.8 Å². The predicted molar refractivity (Wildman–Crippen MR) is 99.9 cm³/mol. The van der Waals surface area contributed by atoms with E-state index >= 15 is 0 Å². The number of imide groups is 1. The fourth-order valence-electron chi connectivity index (χ4n) is 3.53. The van der Waals surface area contributed by atoms with Crippen molar-refractivity contribution in [2.24, 2.45) is 10.8 Å². The molecule has 2 unspecified atom stereocenters. The minimum absolute atomic E-state index is 0.0755. The van der Waals surface area contributed by atoms with Gasteiger partial charge in [-0.1, -0.05) is 15.9 Å². The van der Waals surface area contributed by atoms with Gasteiger partial charge in [-0.15, -0.1) is 0 Å². The molecule has 3 rings (SSSR count). The molecule has 0 aliphatic carbocycles. The van der Waals surface area contributed by atoms with Gasteiger partial charge in [0.15, 0.2) is 0 Å². The lowest BCUT2D eigenvalue weighted by atomic mass is 9.70. The van der Waals surface area contributed by atoms with Gasteiger partial charge in [-0.05, 0) is 38.1 Å². The zero-order valence-corrected chi connectivity index (χ0v) is 17.6. The Hall–Kier alpha value is -1.78. The van der Waals surface area contributed by atoms with Crippen LogP contribution in [0.3, 0.4) is 0 Å². The van der Waals surface area contributed by atoms with E-state index in [-0.39, 0.29) is 24.5 Å². The normalized spacial score (nSPS) is 27.8. The Labute approximate surface area is 166 Å². The van der Waals surface area contributed by atoms with E-state index in [0.717, 1.165) is 8.78 Å². The average molecular weight is 458 g/mol. The summed E-state index contributed by atoms with van der Waals surface area (Å²) in [5.41, 5.74) is -2.02. The second kappa shape index (κ2) is 6.39. The molecule has 10 heteroatoms. The van der Waals surface area contributed by atoms with Gasteiger partial charge >= 0.3 is 0 Å². The Kier molecular flexibility index (Phi) is 4.72. The molecule has 1 N–H and O–H groups in total. The number of carbonyl (C=O) groups excluding carboxylic acids is 3. The van der Waals surface area contributed by atoms with Crippen LogP contribution in [0.2, 0.25) is 0 Å². The molecule has 8 nitrogen and oxygen atoms in total. The minimum atomic E-state index is -3.83. The SMILES string of the molecule is CN(CC(=O)N1CC2(C)C(=O)NC(=O)C2(C)C1)S(=O)(=O)c1ccc(Br)cc1. The molecule has 27 heavy (non-hydrogen) atoms. The molecule has 146 valence electrons. The second-order valence-electron chi connectivity index (χ2n) is 7.41. The van der Waals surface area contributed by atoms with Crippen molar-refractivity contribution in [3.63, 3.8) is 0 Å². The highest BCUT2D eigenvalue weighted by Gasteiger charge is 2.66. The molecule has 0 aromatic heterocycles. The number of fused-ring (bicyclic) bond motifs is 1. The first kappa shape index (κ1) is 20.0. The van der Waals surface area contributed by atoms with E-state index in [0.29, 0.717) is 0 Å². The van der Waals surface area contributed by atoms with Crippen molar-refractivity contribution in [1.82, 2.24) is 14.5 Å². The standard InChI is InChI=1S/C17H20BrN3O5S/c1-16-9-21(10-17(16,2)15(24)19-14(16)23)13(22)8-20(3)27(25,26)12-6-4-11(18)5-7-12/h4-7H,8-10H2,1-3H3,(H,19,23,24). The second-order valence-corrected chi connectivity index (χ2v) is 10.4. The number of rotatable bonds is 4. The van der Waals surface area contributed by atoms with Crippen LogP contribution in [0.15, 0.2) is 33.6 Å². The molecule has 1 aromatic carbocycles. The summed E-state index contributed by atoms with van der Waals surface area (Å²) in [6.45, 7) is 3.09. The maximum atomic E-state index is 12.7. The monoisotopic (exact) mass is 457 g/mol. The number of sulfonamides is 1. The van der Waals surface area contributed by atoms with Crippen LogP contribution in [0.25, 0.3) is 0 Å². The number of hydrogen-bond donors (Lipinski definition) is 1. The van der Waals surface area contributed by atoms with Crippen molar-refractivity contribution in [3.05, 3.63) is 28.7 Å². The molecule has 2 aliphatic rings. The van der Waals surface area contributed by atoms with Crippen LogP contribution in [0.4, 0.5) is 0 Å². The third-order valence-corrected chi connectivity index (χ3v) is 8.04. The van der Waals surface area contributed by atoms with E-state index in [1.54, 1.807) is 26.0 Å². The fourth-order valence-corrected chi connectivity index (χ4v) is 4.92. The summed E-state index contributed by atoms with van der Waals surface area (Å²) in [5, 5.41) is 2.32. The number of hydrogen-bond acceptors (Lipinski definition) is 5. The zero-order chi connectivity index (χ0) is 20.2. The van der Waals surface area contributed by atoms with Crippen LogP contribution in [0.5, 0.6) is 0 Å². The maximum Gasteiger partial charge on any atom is 0.243 e.